The Morgan fingerprint density at radius 2 is 2.04 bits per heavy atom. The summed E-state index contributed by atoms with van der Waals surface area (Å²) in [7, 11) is 1.58. The SMILES string of the molecule is COc1cc(C2CC(=O)Nc3n[nH]c(-c4ccc(Cl)cc4)c32)cc2c1OCO2. The molecule has 3 aromatic rings. The average molecular weight is 398 g/mol. The highest BCUT2D eigenvalue weighted by Gasteiger charge is 2.34. The molecule has 1 amide bonds. The van der Waals surface area contributed by atoms with E-state index in [1.165, 1.54) is 0 Å². The molecule has 28 heavy (non-hydrogen) atoms. The number of halogens is 1. The Bertz CT molecular complexity index is 1080. The van der Waals surface area contributed by atoms with Crippen LogP contribution in [0.15, 0.2) is 36.4 Å². The van der Waals surface area contributed by atoms with Crippen LogP contribution in [-0.4, -0.2) is 30.0 Å². The molecule has 1 atom stereocenters. The third-order valence-electron chi connectivity index (χ3n) is 5.02. The number of hydrogen-bond acceptors (Lipinski definition) is 5. The van der Waals surface area contributed by atoms with Gasteiger partial charge in [-0.3, -0.25) is 9.89 Å². The number of ether oxygens (including phenoxy) is 3. The lowest BCUT2D eigenvalue weighted by molar-refractivity contribution is -0.116. The molecule has 3 heterocycles. The topological polar surface area (TPSA) is 85.5 Å². The molecule has 2 aromatic carbocycles. The van der Waals surface area contributed by atoms with E-state index in [0.29, 0.717) is 28.1 Å². The largest absolute Gasteiger partial charge is 0.493 e. The zero-order chi connectivity index (χ0) is 19.3. The molecule has 2 N–H and O–H groups in total. The molecule has 0 bridgehead atoms. The zero-order valence-corrected chi connectivity index (χ0v) is 15.7. The Labute approximate surface area is 165 Å². The van der Waals surface area contributed by atoms with Crippen LogP contribution in [0.25, 0.3) is 11.3 Å². The number of methoxy groups -OCH3 is 1. The van der Waals surface area contributed by atoms with Crippen molar-refractivity contribution in [1.29, 1.82) is 0 Å². The lowest BCUT2D eigenvalue weighted by Crippen LogP contribution is -2.23. The number of aromatic amines is 1. The first-order valence-corrected chi connectivity index (χ1v) is 9.13. The minimum absolute atomic E-state index is 0.0942. The van der Waals surface area contributed by atoms with Crippen molar-refractivity contribution < 1.29 is 19.0 Å². The lowest BCUT2D eigenvalue weighted by atomic mass is 9.84. The summed E-state index contributed by atoms with van der Waals surface area (Å²) in [5, 5.41) is 10.9. The van der Waals surface area contributed by atoms with E-state index in [1.807, 2.05) is 36.4 Å². The standard InChI is InChI=1S/C20H16ClN3O4/c1-26-14-6-11(7-15-19(14)28-9-27-15)13-8-16(25)22-20-17(13)18(23-24-20)10-2-4-12(21)5-3-10/h2-7,13H,8-9H2,1H3,(H2,22,23,24,25). The lowest BCUT2D eigenvalue weighted by Gasteiger charge is -2.24. The van der Waals surface area contributed by atoms with Crippen LogP contribution in [0, 0.1) is 0 Å². The number of fused-ring (bicyclic) bond motifs is 2. The first kappa shape index (κ1) is 16.9. The van der Waals surface area contributed by atoms with E-state index in [4.69, 9.17) is 25.8 Å². The normalized spacial score (nSPS) is 17.2. The molecule has 0 radical (unpaired) electrons. The number of rotatable bonds is 3. The number of carbonyl (C=O) groups is 1. The minimum atomic E-state index is -0.212. The predicted molar refractivity (Wildman–Crippen MR) is 103 cm³/mol. The minimum Gasteiger partial charge on any atom is -0.493 e. The molecule has 2 aliphatic heterocycles. The summed E-state index contributed by atoms with van der Waals surface area (Å²) in [6, 6.07) is 11.3. The van der Waals surface area contributed by atoms with E-state index in [2.05, 4.69) is 15.5 Å². The van der Waals surface area contributed by atoms with Gasteiger partial charge in [-0.25, -0.2) is 0 Å². The van der Waals surface area contributed by atoms with Crippen molar-refractivity contribution in [2.75, 3.05) is 19.2 Å². The average Bonchev–Trinajstić information content (AvgIpc) is 3.34. The summed E-state index contributed by atoms with van der Waals surface area (Å²) in [6.45, 7) is 0.146. The molecular weight excluding hydrogens is 382 g/mol. The van der Waals surface area contributed by atoms with E-state index in [9.17, 15) is 4.79 Å². The zero-order valence-electron chi connectivity index (χ0n) is 14.9. The van der Waals surface area contributed by atoms with Gasteiger partial charge in [0, 0.05) is 28.5 Å². The summed E-state index contributed by atoms with van der Waals surface area (Å²) < 4.78 is 16.5. The maximum absolute atomic E-state index is 12.3. The maximum atomic E-state index is 12.3. The van der Waals surface area contributed by atoms with E-state index in [-0.39, 0.29) is 25.0 Å². The molecule has 8 heteroatoms. The van der Waals surface area contributed by atoms with Gasteiger partial charge < -0.3 is 19.5 Å². The molecule has 142 valence electrons. The van der Waals surface area contributed by atoms with Crippen LogP contribution in [0.3, 0.4) is 0 Å². The number of carbonyl (C=O) groups excluding carboxylic acids is 1. The third kappa shape index (κ3) is 2.66. The maximum Gasteiger partial charge on any atom is 0.231 e. The molecule has 5 rings (SSSR count). The van der Waals surface area contributed by atoms with Gasteiger partial charge in [-0.2, -0.15) is 5.10 Å². The van der Waals surface area contributed by atoms with Gasteiger partial charge in [0.05, 0.1) is 12.8 Å². The van der Waals surface area contributed by atoms with Crippen molar-refractivity contribution in [2.24, 2.45) is 0 Å². The Morgan fingerprint density at radius 3 is 2.82 bits per heavy atom. The quantitative estimate of drug-likeness (QED) is 0.699. The fourth-order valence-corrected chi connectivity index (χ4v) is 3.85. The van der Waals surface area contributed by atoms with E-state index >= 15 is 0 Å². The number of aromatic nitrogens is 2. The Kier molecular flexibility index (Phi) is 3.91. The van der Waals surface area contributed by atoms with Crippen LogP contribution in [-0.2, 0) is 4.79 Å². The third-order valence-corrected chi connectivity index (χ3v) is 5.27. The summed E-state index contributed by atoms with van der Waals surface area (Å²) in [4.78, 5) is 12.3. The highest BCUT2D eigenvalue weighted by atomic mass is 35.5. The Morgan fingerprint density at radius 1 is 1.21 bits per heavy atom. The van der Waals surface area contributed by atoms with Gasteiger partial charge >= 0.3 is 0 Å². The highest BCUT2D eigenvalue weighted by Crippen LogP contribution is 2.48. The smallest absolute Gasteiger partial charge is 0.231 e. The second-order valence-electron chi connectivity index (χ2n) is 6.63. The summed E-state index contributed by atoms with van der Waals surface area (Å²) in [5.74, 6) is 1.99. The number of benzene rings is 2. The van der Waals surface area contributed by atoms with E-state index < -0.39 is 0 Å². The number of nitrogens with zero attached hydrogens (tertiary/aromatic N) is 1. The van der Waals surface area contributed by atoms with Crippen LogP contribution in [0.1, 0.15) is 23.5 Å². The monoisotopic (exact) mass is 397 g/mol. The van der Waals surface area contributed by atoms with Crippen LogP contribution in [0.2, 0.25) is 5.02 Å². The summed E-state index contributed by atoms with van der Waals surface area (Å²) in [6.07, 6.45) is 0.288. The van der Waals surface area contributed by atoms with Crippen LogP contribution in [0.4, 0.5) is 5.82 Å². The van der Waals surface area contributed by atoms with Gasteiger partial charge in [0.15, 0.2) is 17.3 Å². The second-order valence-corrected chi connectivity index (χ2v) is 7.07. The van der Waals surface area contributed by atoms with Gasteiger partial charge in [0.2, 0.25) is 18.4 Å². The molecule has 0 fully saturated rings. The molecular formula is C20H16ClN3O4. The fraction of sp³-hybridized carbons (Fsp3) is 0.200. The van der Waals surface area contributed by atoms with Crippen molar-refractivity contribution in [3.8, 4) is 28.5 Å². The molecule has 0 saturated heterocycles. The fourth-order valence-electron chi connectivity index (χ4n) is 3.73. The predicted octanol–water partition coefficient (Wildman–Crippen LogP) is 3.94. The van der Waals surface area contributed by atoms with Crippen molar-refractivity contribution in [3.05, 3.63) is 52.5 Å². The van der Waals surface area contributed by atoms with Crippen LogP contribution < -0.4 is 19.5 Å². The van der Waals surface area contributed by atoms with Crippen molar-refractivity contribution >= 4 is 23.3 Å². The number of H-pyrrole nitrogens is 1. The summed E-state index contributed by atoms with van der Waals surface area (Å²) >= 11 is 6.03. The molecule has 0 spiro atoms. The van der Waals surface area contributed by atoms with E-state index in [0.717, 1.165) is 22.4 Å². The van der Waals surface area contributed by atoms with Crippen molar-refractivity contribution in [2.45, 2.75) is 12.3 Å². The molecule has 1 unspecified atom stereocenters. The van der Waals surface area contributed by atoms with Gasteiger partial charge in [0.1, 0.15) is 0 Å². The Balaban J connectivity index is 1.66. The molecule has 0 saturated carbocycles. The molecule has 1 aromatic heterocycles. The molecule has 2 aliphatic rings. The van der Waals surface area contributed by atoms with Crippen LogP contribution >= 0.6 is 11.6 Å². The van der Waals surface area contributed by atoms with Crippen molar-refractivity contribution in [1.82, 2.24) is 10.2 Å². The van der Waals surface area contributed by atoms with Gasteiger partial charge in [0.25, 0.3) is 0 Å². The van der Waals surface area contributed by atoms with Gasteiger partial charge in [-0.05, 0) is 29.8 Å². The highest BCUT2D eigenvalue weighted by molar-refractivity contribution is 6.30. The molecule has 0 aliphatic carbocycles. The van der Waals surface area contributed by atoms with Gasteiger partial charge in [-0.1, -0.05) is 23.7 Å². The number of amides is 1. The summed E-state index contributed by atoms with van der Waals surface area (Å²) in [5.41, 5.74) is 3.59. The second kappa shape index (κ2) is 6.45. The van der Waals surface area contributed by atoms with E-state index in [1.54, 1.807) is 7.11 Å². The molecule has 7 nitrogen and oxygen atoms in total. The number of anilines is 1. The van der Waals surface area contributed by atoms with Crippen molar-refractivity contribution in [3.63, 3.8) is 0 Å². The number of nitrogens with one attached hydrogen (secondary N) is 2. The first-order valence-electron chi connectivity index (χ1n) is 8.75. The first-order chi connectivity index (χ1) is 13.6. The Hall–Kier alpha value is -3.19. The number of hydrogen-bond donors (Lipinski definition) is 2. The van der Waals surface area contributed by atoms with Gasteiger partial charge in [-0.15, -0.1) is 0 Å². The van der Waals surface area contributed by atoms with Crippen LogP contribution in [0.5, 0.6) is 17.2 Å².